The SMILES string of the molecule is Cc1cc(Cl)ccc1OCc1ccc(C(=O)Nc2c(C)nn(Cc3ccc(F)cc3Cl)c2C)o1. The molecule has 176 valence electrons. The third-order valence-corrected chi connectivity index (χ3v) is 5.93. The van der Waals surface area contributed by atoms with E-state index in [1.54, 1.807) is 41.9 Å². The summed E-state index contributed by atoms with van der Waals surface area (Å²) >= 11 is 12.1. The number of furan rings is 1. The summed E-state index contributed by atoms with van der Waals surface area (Å²) in [4.78, 5) is 12.8. The Bertz CT molecular complexity index is 1360. The van der Waals surface area contributed by atoms with Gasteiger partial charge in [-0.2, -0.15) is 5.10 Å². The number of benzene rings is 2. The second-order valence-corrected chi connectivity index (χ2v) is 8.70. The maximum Gasteiger partial charge on any atom is 0.291 e. The molecule has 2 aromatic carbocycles. The van der Waals surface area contributed by atoms with Gasteiger partial charge in [0.1, 0.15) is 23.9 Å². The van der Waals surface area contributed by atoms with Crippen molar-refractivity contribution in [2.24, 2.45) is 0 Å². The molecule has 0 aliphatic carbocycles. The normalized spacial score (nSPS) is 11.0. The van der Waals surface area contributed by atoms with Crippen LogP contribution in [0.5, 0.6) is 5.75 Å². The zero-order valence-electron chi connectivity index (χ0n) is 18.8. The lowest BCUT2D eigenvalue weighted by Gasteiger charge is -2.08. The van der Waals surface area contributed by atoms with Crippen molar-refractivity contribution in [2.45, 2.75) is 33.9 Å². The van der Waals surface area contributed by atoms with Gasteiger partial charge in [0.2, 0.25) is 0 Å². The van der Waals surface area contributed by atoms with Crippen LogP contribution in [0.15, 0.2) is 52.9 Å². The fourth-order valence-corrected chi connectivity index (χ4v) is 3.97. The number of aryl methyl sites for hydroxylation is 2. The van der Waals surface area contributed by atoms with Crippen molar-refractivity contribution in [3.63, 3.8) is 0 Å². The molecule has 6 nitrogen and oxygen atoms in total. The lowest BCUT2D eigenvalue weighted by atomic mass is 10.2. The molecule has 0 aliphatic rings. The molecule has 0 aliphatic heterocycles. The molecule has 1 N–H and O–H groups in total. The number of carbonyl (C=O) groups is 1. The summed E-state index contributed by atoms with van der Waals surface area (Å²) in [6.45, 7) is 6.04. The molecule has 0 unspecified atom stereocenters. The molecular weight excluding hydrogens is 480 g/mol. The Morgan fingerprint density at radius 2 is 1.91 bits per heavy atom. The fraction of sp³-hybridized carbons (Fsp3) is 0.200. The van der Waals surface area contributed by atoms with Crippen LogP contribution < -0.4 is 10.1 Å². The van der Waals surface area contributed by atoms with Gasteiger partial charge in [-0.1, -0.05) is 29.3 Å². The molecule has 0 atom stereocenters. The Balaban J connectivity index is 1.43. The van der Waals surface area contributed by atoms with Gasteiger partial charge < -0.3 is 14.5 Å². The maximum atomic E-state index is 13.3. The highest BCUT2D eigenvalue weighted by Crippen LogP contribution is 2.25. The van der Waals surface area contributed by atoms with Crippen molar-refractivity contribution in [1.29, 1.82) is 0 Å². The van der Waals surface area contributed by atoms with Crippen LogP contribution in [0.1, 0.15) is 38.8 Å². The fourth-order valence-electron chi connectivity index (χ4n) is 3.52. The zero-order chi connectivity index (χ0) is 24.4. The maximum absolute atomic E-state index is 13.3. The molecule has 0 bridgehead atoms. The van der Waals surface area contributed by atoms with Gasteiger partial charge in [-0.15, -0.1) is 0 Å². The van der Waals surface area contributed by atoms with Gasteiger partial charge >= 0.3 is 0 Å². The summed E-state index contributed by atoms with van der Waals surface area (Å²) in [6, 6.07) is 12.9. The van der Waals surface area contributed by atoms with Crippen molar-refractivity contribution < 1.29 is 18.3 Å². The molecule has 2 aromatic heterocycles. The molecule has 2 heterocycles. The minimum Gasteiger partial charge on any atom is -0.485 e. The van der Waals surface area contributed by atoms with Gasteiger partial charge in [0, 0.05) is 10.0 Å². The van der Waals surface area contributed by atoms with E-state index in [-0.39, 0.29) is 12.4 Å². The highest BCUT2D eigenvalue weighted by molar-refractivity contribution is 6.31. The molecule has 0 radical (unpaired) electrons. The summed E-state index contributed by atoms with van der Waals surface area (Å²) in [5, 5.41) is 8.30. The number of ether oxygens (including phenoxy) is 1. The molecule has 4 rings (SSSR count). The average Bonchev–Trinajstić information content (AvgIpc) is 3.35. The molecule has 1 amide bonds. The third-order valence-electron chi connectivity index (χ3n) is 5.35. The topological polar surface area (TPSA) is 69.3 Å². The van der Waals surface area contributed by atoms with Crippen LogP contribution in [-0.4, -0.2) is 15.7 Å². The Kier molecular flexibility index (Phi) is 6.95. The van der Waals surface area contributed by atoms with Crippen molar-refractivity contribution in [3.05, 3.63) is 98.4 Å². The number of carbonyl (C=O) groups excluding carboxylic acids is 1. The summed E-state index contributed by atoms with van der Waals surface area (Å²) < 4.78 is 26.5. The van der Waals surface area contributed by atoms with Crippen LogP contribution in [0.3, 0.4) is 0 Å². The first kappa shape index (κ1) is 23.9. The third kappa shape index (κ3) is 5.26. The Morgan fingerprint density at radius 1 is 1.12 bits per heavy atom. The molecule has 0 spiro atoms. The lowest BCUT2D eigenvalue weighted by Crippen LogP contribution is -2.12. The van der Waals surface area contributed by atoms with Gasteiger partial charge in [0.05, 0.1) is 23.6 Å². The smallest absolute Gasteiger partial charge is 0.291 e. The van der Waals surface area contributed by atoms with Gasteiger partial charge in [0.15, 0.2) is 5.76 Å². The summed E-state index contributed by atoms with van der Waals surface area (Å²) in [5.41, 5.74) is 3.58. The summed E-state index contributed by atoms with van der Waals surface area (Å²) in [7, 11) is 0. The monoisotopic (exact) mass is 501 g/mol. The molecule has 0 saturated carbocycles. The minimum atomic E-state index is -0.403. The van der Waals surface area contributed by atoms with E-state index < -0.39 is 11.7 Å². The molecular formula is C25H22Cl2FN3O3. The average molecular weight is 502 g/mol. The predicted octanol–water partition coefficient (Wildman–Crippen LogP) is 6.73. The first-order chi connectivity index (χ1) is 16.2. The largest absolute Gasteiger partial charge is 0.485 e. The number of halogens is 3. The number of nitrogens with one attached hydrogen (secondary N) is 1. The molecule has 34 heavy (non-hydrogen) atoms. The minimum absolute atomic E-state index is 0.152. The second kappa shape index (κ2) is 9.91. The van der Waals surface area contributed by atoms with E-state index >= 15 is 0 Å². The summed E-state index contributed by atoms with van der Waals surface area (Å²) in [6.07, 6.45) is 0. The Hall–Kier alpha value is -3.29. The zero-order valence-corrected chi connectivity index (χ0v) is 20.3. The van der Waals surface area contributed by atoms with E-state index in [9.17, 15) is 9.18 Å². The van der Waals surface area contributed by atoms with E-state index in [0.29, 0.717) is 39.5 Å². The van der Waals surface area contributed by atoms with Crippen molar-refractivity contribution in [2.75, 3.05) is 5.32 Å². The van der Waals surface area contributed by atoms with E-state index in [4.69, 9.17) is 32.4 Å². The van der Waals surface area contributed by atoms with Crippen LogP contribution in [0, 0.1) is 26.6 Å². The van der Waals surface area contributed by atoms with E-state index in [0.717, 1.165) is 16.8 Å². The van der Waals surface area contributed by atoms with Crippen LogP contribution >= 0.6 is 23.2 Å². The highest BCUT2D eigenvalue weighted by Gasteiger charge is 2.18. The number of hydrogen-bond donors (Lipinski definition) is 1. The van der Waals surface area contributed by atoms with Crippen LogP contribution in [0.4, 0.5) is 10.1 Å². The highest BCUT2D eigenvalue weighted by atomic mass is 35.5. The van der Waals surface area contributed by atoms with Crippen molar-refractivity contribution >= 4 is 34.8 Å². The second-order valence-electron chi connectivity index (χ2n) is 7.86. The number of hydrogen-bond acceptors (Lipinski definition) is 4. The molecule has 0 fully saturated rings. The summed E-state index contributed by atoms with van der Waals surface area (Å²) in [5.74, 6) is 0.543. The number of aromatic nitrogens is 2. The van der Waals surface area contributed by atoms with Gasteiger partial charge in [0.25, 0.3) is 5.91 Å². The number of anilines is 1. The molecule has 4 aromatic rings. The van der Waals surface area contributed by atoms with Crippen LogP contribution in [0.2, 0.25) is 10.0 Å². The number of amides is 1. The van der Waals surface area contributed by atoms with E-state index in [2.05, 4.69) is 10.4 Å². The van der Waals surface area contributed by atoms with Gasteiger partial charge in [-0.05, 0) is 74.4 Å². The number of nitrogens with zero attached hydrogens (tertiary/aromatic N) is 2. The number of rotatable bonds is 7. The van der Waals surface area contributed by atoms with E-state index in [1.807, 2.05) is 19.9 Å². The van der Waals surface area contributed by atoms with Crippen LogP contribution in [-0.2, 0) is 13.2 Å². The molecule has 9 heteroatoms. The quantitative estimate of drug-likeness (QED) is 0.304. The standard InChI is InChI=1S/C25H22Cl2FN3O3/c1-14-10-18(26)5-8-22(14)33-13-20-7-9-23(34-20)25(32)29-24-15(2)30-31(16(24)3)12-17-4-6-19(28)11-21(17)27/h4-11H,12-13H2,1-3H3,(H,29,32). The Morgan fingerprint density at radius 3 is 2.65 bits per heavy atom. The van der Waals surface area contributed by atoms with Crippen LogP contribution in [0.25, 0.3) is 0 Å². The molecule has 0 saturated heterocycles. The lowest BCUT2D eigenvalue weighted by molar-refractivity contribution is 0.0992. The predicted molar refractivity (Wildman–Crippen MR) is 129 cm³/mol. The Labute approximate surface area is 206 Å². The first-order valence-corrected chi connectivity index (χ1v) is 11.2. The first-order valence-electron chi connectivity index (χ1n) is 10.5. The van der Waals surface area contributed by atoms with Crippen molar-refractivity contribution in [3.8, 4) is 5.75 Å². The van der Waals surface area contributed by atoms with Gasteiger partial charge in [-0.25, -0.2) is 4.39 Å². The van der Waals surface area contributed by atoms with Crippen molar-refractivity contribution in [1.82, 2.24) is 9.78 Å². The van der Waals surface area contributed by atoms with Gasteiger partial charge in [-0.3, -0.25) is 9.48 Å². The van der Waals surface area contributed by atoms with E-state index in [1.165, 1.54) is 12.1 Å².